The van der Waals surface area contributed by atoms with Crippen LogP contribution in [0, 0.1) is 0 Å². The Labute approximate surface area is 77.1 Å². The van der Waals surface area contributed by atoms with Crippen LogP contribution in [0.15, 0.2) is 11.4 Å². The van der Waals surface area contributed by atoms with E-state index in [1.807, 2.05) is 0 Å². The fraction of sp³-hybridized carbons (Fsp3) is 0.600. The number of halogens is 9. The first-order valence-corrected chi connectivity index (χ1v) is 3.21. The zero-order chi connectivity index (χ0) is 11.8. The number of rotatable bonds is 2. The molecule has 0 saturated carbocycles. The number of allylic oxidation sites excluding steroid dienone is 1. The molecule has 0 aromatic rings. The Kier molecular flexibility index (Phi) is 3.42. The highest BCUT2D eigenvalue weighted by molar-refractivity contribution is 6.25. The maximum atomic E-state index is 12.1. The molecule has 0 aromatic carbocycles. The largest absolute Gasteiger partial charge is 0.460 e. The van der Waals surface area contributed by atoms with E-state index in [0.717, 1.165) is 0 Å². The van der Waals surface area contributed by atoms with Gasteiger partial charge in [-0.2, -0.15) is 30.7 Å². The molecule has 0 N–H and O–H groups in total. The van der Waals surface area contributed by atoms with Gasteiger partial charge in [0.1, 0.15) is 0 Å². The Morgan fingerprint density at radius 3 is 1.50 bits per heavy atom. The molecular weight excluding hydrogens is 247 g/mol. The lowest BCUT2D eigenvalue weighted by Crippen LogP contribution is -2.52. The van der Waals surface area contributed by atoms with E-state index in [1.165, 1.54) is 0 Å². The van der Waals surface area contributed by atoms with Crippen LogP contribution in [-0.2, 0) is 0 Å². The van der Waals surface area contributed by atoms with Gasteiger partial charge in [0, 0.05) is 5.54 Å². The summed E-state index contributed by atoms with van der Waals surface area (Å²) in [6.07, 6.45) is -6.56. The molecule has 0 spiro atoms. The van der Waals surface area contributed by atoms with E-state index >= 15 is 0 Å². The minimum Gasteiger partial charge on any atom is -0.204 e. The molecule has 0 atom stereocenters. The van der Waals surface area contributed by atoms with E-state index in [1.54, 1.807) is 0 Å². The van der Waals surface area contributed by atoms with Gasteiger partial charge in [-0.1, -0.05) is 11.6 Å². The second-order valence-electron chi connectivity index (χ2n) is 2.10. The maximum Gasteiger partial charge on any atom is 0.460 e. The topological polar surface area (TPSA) is 0 Å². The van der Waals surface area contributed by atoms with Gasteiger partial charge in [0.05, 0.1) is 0 Å². The highest BCUT2D eigenvalue weighted by Crippen LogP contribution is 2.50. The van der Waals surface area contributed by atoms with Crippen LogP contribution < -0.4 is 0 Å². The van der Waals surface area contributed by atoms with Gasteiger partial charge in [0.15, 0.2) is 5.83 Å². The van der Waals surface area contributed by atoms with Crippen LogP contribution in [0.25, 0.3) is 0 Å². The predicted molar refractivity (Wildman–Crippen MR) is 31.0 cm³/mol. The summed E-state index contributed by atoms with van der Waals surface area (Å²) in [5, 5.41) is 0. The average molecular weight is 248 g/mol. The van der Waals surface area contributed by atoms with Crippen molar-refractivity contribution in [3.05, 3.63) is 11.4 Å². The normalized spacial score (nSPS) is 15.9. The third-order valence-electron chi connectivity index (χ3n) is 1.15. The summed E-state index contributed by atoms with van der Waals surface area (Å²) in [4.78, 5) is 0. The summed E-state index contributed by atoms with van der Waals surface area (Å²) >= 11 is 4.27. The molecule has 0 aromatic heterocycles. The molecule has 0 aliphatic rings. The maximum absolute atomic E-state index is 12.1. The van der Waals surface area contributed by atoms with E-state index < -0.39 is 29.4 Å². The van der Waals surface area contributed by atoms with Crippen LogP contribution >= 0.6 is 11.6 Å². The molecule has 0 radical (unpaired) electrons. The molecule has 0 fully saturated rings. The van der Waals surface area contributed by atoms with Crippen molar-refractivity contribution in [2.45, 2.75) is 18.0 Å². The molecule has 0 heterocycles. The third-order valence-corrected chi connectivity index (χ3v) is 1.34. The van der Waals surface area contributed by atoms with Crippen molar-refractivity contribution in [2.75, 3.05) is 0 Å². The second-order valence-corrected chi connectivity index (χ2v) is 2.32. The van der Waals surface area contributed by atoms with Crippen LogP contribution in [-0.4, -0.2) is 18.0 Å². The lowest BCUT2D eigenvalue weighted by molar-refractivity contribution is -0.347. The summed E-state index contributed by atoms with van der Waals surface area (Å²) in [5.41, 5.74) is -0.681. The zero-order valence-corrected chi connectivity index (χ0v) is 6.73. The van der Waals surface area contributed by atoms with Crippen LogP contribution in [0.2, 0.25) is 0 Å². The smallest absolute Gasteiger partial charge is 0.204 e. The molecule has 0 aliphatic carbocycles. The molecular formula is C5HClF8. The summed E-state index contributed by atoms with van der Waals surface area (Å²) in [6.45, 7) is 0. The van der Waals surface area contributed by atoms with E-state index in [9.17, 15) is 35.1 Å². The van der Waals surface area contributed by atoms with Gasteiger partial charge in [0.2, 0.25) is 0 Å². The predicted octanol–water partition coefficient (Wildman–Crippen LogP) is 3.87. The Bertz CT molecular complexity index is 239. The van der Waals surface area contributed by atoms with Crippen LogP contribution in [0.1, 0.15) is 0 Å². The van der Waals surface area contributed by atoms with E-state index in [2.05, 4.69) is 11.6 Å². The first-order valence-electron chi connectivity index (χ1n) is 2.77. The minimum atomic E-state index is -6.56. The van der Waals surface area contributed by atoms with Gasteiger partial charge in [-0.25, -0.2) is 4.39 Å². The van der Waals surface area contributed by atoms with Crippen LogP contribution in [0.4, 0.5) is 35.1 Å². The Morgan fingerprint density at radius 1 is 0.929 bits per heavy atom. The van der Waals surface area contributed by atoms with Crippen molar-refractivity contribution in [3.63, 3.8) is 0 Å². The molecule has 0 unspecified atom stereocenters. The fourth-order valence-corrected chi connectivity index (χ4v) is 0.534. The summed E-state index contributed by atoms with van der Waals surface area (Å²) in [5.74, 6) is -15.6. The highest BCUT2D eigenvalue weighted by atomic mass is 35.5. The first-order chi connectivity index (χ1) is 5.98. The number of hydrogen-bond donors (Lipinski definition) is 0. The summed E-state index contributed by atoms with van der Waals surface area (Å²) < 4.78 is 94.1. The molecule has 0 rings (SSSR count). The van der Waals surface area contributed by atoms with E-state index in [4.69, 9.17) is 0 Å². The molecule has 0 bridgehead atoms. The Balaban J connectivity index is 5.29. The number of hydrogen-bond acceptors (Lipinski definition) is 0. The SMILES string of the molecule is F/C(=C\Cl)C(F)(F)C(F)(F)C(F)(F)F. The number of alkyl halides is 7. The van der Waals surface area contributed by atoms with Crippen molar-refractivity contribution in [2.24, 2.45) is 0 Å². The minimum absolute atomic E-state index is 0.681. The highest BCUT2D eigenvalue weighted by Gasteiger charge is 2.74. The standard InChI is InChI=1S/C5HClF8/c6-1-2(7)3(8,9)4(10,11)5(12,13)14/h1H/b2-1-. The van der Waals surface area contributed by atoms with Gasteiger partial charge >= 0.3 is 18.0 Å². The monoisotopic (exact) mass is 248 g/mol. The van der Waals surface area contributed by atoms with Gasteiger partial charge < -0.3 is 0 Å². The van der Waals surface area contributed by atoms with Gasteiger partial charge in [-0.05, 0) is 0 Å². The van der Waals surface area contributed by atoms with Crippen molar-refractivity contribution < 1.29 is 35.1 Å². The van der Waals surface area contributed by atoms with Crippen LogP contribution in [0.3, 0.4) is 0 Å². The molecule has 0 saturated heterocycles. The van der Waals surface area contributed by atoms with E-state index in [0.29, 0.717) is 0 Å². The van der Waals surface area contributed by atoms with Crippen LogP contribution in [0.5, 0.6) is 0 Å². The van der Waals surface area contributed by atoms with Crippen molar-refractivity contribution in [1.82, 2.24) is 0 Å². The first kappa shape index (κ1) is 13.5. The Hall–Kier alpha value is -0.530. The van der Waals surface area contributed by atoms with Gasteiger partial charge in [0.25, 0.3) is 0 Å². The van der Waals surface area contributed by atoms with E-state index in [-0.39, 0.29) is 0 Å². The molecule has 0 nitrogen and oxygen atoms in total. The Morgan fingerprint density at radius 2 is 1.29 bits per heavy atom. The van der Waals surface area contributed by atoms with Crippen molar-refractivity contribution in [1.29, 1.82) is 0 Å². The lowest BCUT2D eigenvalue weighted by atomic mass is 10.1. The second kappa shape index (κ2) is 3.56. The molecule has 0 aliphatic heterocycles. The fourth-order valence-electron chi connectivity index (χ4n) is 0.397. The molecule has 84 valence electrons. The van der Waals surface area contributed by atoms with Gasteiger partial charge in [-0.3, -0.25) is 0 Å². The molecule has 9 heteroatoms. The molecule has 14 heavy (non-hydrogen) atoms. The molecule has 0 amide bonds. The third kappa shape index (κ3) is 1.94. The van der Waals surface area contributed by atoms with Crippen molar-refractivity contribution >= 4 is 11.6 Å². The average Bonchev–Trinajstić information content (AvgIpc) is 2.00. The lowest BCUT2D eigenvalue weighted by Gasteiger charge is -2.26. The quantitative estimate of drug-likeness (QED) is 0.651. The zero-order valence-electron chi connectivity index (χ0n) is 5.98. The summed E-state index contributed by atoms with van der Waals surface area (Å²) in [7, 11) is 0. The summed E-state index contributed by atoms with van der Waals surface area (Å²) in [6, 6.07) is 0. The van der Waals surface area contributed by atoms with Gasteiger partial charge in [-0.15, -0.1) is 0 Å². The van der Waals surface area contributed by atoms with Crippen molar-refractivity contribution in [3.8, 4) is 0 Å².